The van der Waals surface area contributed by atoms with Crippen molar-refractivity contribution < 1.29 is 4.84 Å². The predicted molar refractivity (Wildman–Crippen MR) is 155 cm³/mol. The lowest BCUT2D eigenvalue weighted by Gasteiger charge is -2.05. The predicted octanol–water partition coefficient (Wildman–Crippen LogP) is 6.83. The molecule has 1 aromatic rings. The van der Waals surface area contributed by atoms with E-state index in [1.165, 1.54) is 31.2 Å². The van der Waals surface area contributed by atoms with E-state index in [1.54, 1.807) is 31.9 Å². The van der Waals surface area contributed by atoms with E-state index in [0.717, 1.165) is 24.6 Å². The van der Waals surface area contributed by atoms with Crippen LogP contribution in [0.5, 0.6) is 0 Å². The summed E-state index contributed by atoms with van der Waals surface area (Å²) in [5.74, 6) is 7.43. The minimum atomic E-state index is 0.586. The van der Waals surface area contributed by atoms with Gasteiger partial charge in [0, 0.05) is 25.7 Å². The molecule has 0 heterocycles. The summed E-state index contributed by atoms with van der Waals surface area (Å²) < 4.78 is 0. The maximum absolute atomic E-state index is 5.18. The number of nitrogens with zero attached hydrogens (tertiary/aromatic N) is 2. The number of benzene rings is 1. The van der Waals surface area contributed by atoms with Gasteiger partial charge in [0.25, 0.3) is 0 Å². The summed E-state index contributed by atoms with van der Waals surface area (Å²) in [6.07, 6.45) is 21.1. The molecule has 1 unspecified atom stereocenters. The van der Waals surface area contributed by atoms with Gasteiger partial charge in [0.2, 0.25) is 0 Å². The van der Waals surface area contributed by atoms with Crippen LogP contribution in [-0.2, 0) is 11.3 Å². The van der Waals surface area contributed by atoms with Gasteiger partial charge in [-0.25, -0.2) is 4.99 Å². The zero-order valence-electron chi connectivity index (χ0n) is 22.8. The van der Waals surface area contributed by atoms with Gasteiger partial charge in [0.15, 0.2) is 0 Å². The van der Waals surface area contributed by atoms with Crippen molar-refractivity contribution in [2.24, 2.45) is 27.5 Å². The van der Waals surface area contributed by atoms with Gasteiger partial charge in [-0.05, 0) is 49.1 Å². The van der Waals surface area contributed by atoms with Gasteiger partial charge in [-0.2, -0.15) is 5.90 Å². The van der Waals surface area contributed by atoms with E-state index in [2.05, 4.69) is 52.2 Å². The summed E-state index contributed by atoms with van der Waals surface area (Å²) in [6, 6.07) is 10.1. The van der Waals surface area contributed by atoms with Crippen LogP contribution in [0.4, 0.5) is 0 Å². The third-order valence-corrected chi connectivity index (χ3v) is 4.78. The number of unbranched alkanes of at least 4 members (excludes halogenated alkanes) is 1. The maximum Gasteiger partial charge on any atom is 0.144 e. The maximum atomic E-state index is 5.18. The normalized spacial score (nSPS) is 13.0. The fourth-order valence-corrected chi connectivity index (χ4v) is 2.64. The standard InChI is InChI=1S/C16H22N4O.C11H21N.C2H6/c1-3-7-15(21-17)10-11-19-13-20-16(18-2)12-14-8-5-4-6-9-14;1-3-11(2)9-7-5-4-6-8-10-12;1-2/h4-11,13H,3,12,17H2,1-2H3,(H,18,19,20);4,6,8,10-11H,3,5,7,9,12H2,1-2H3;1-2H3/b11-10-,15-7+;6-4-,10-8-;. The molecular formula is C29H49N5O. The Bertz CT molecular complexity index is 765. The summed E-state index contributed by atoms with van der Waals surface area (Å²) >= 11 is 0. The van der Waals surface area contributed by atoms with E-state index >= 15 is 0 Å². The van der Waals surface area contributed by atoms with E-state index in [-0.39, 0.29) is 0 Å². The highest BCUT2D eigenvalue weighted by Gasteiger charge is 1.97. The van der Waals surface area contributed by atoms with Crippen LogP contribution in [0.2, 0.25) is 0 Å². The first-order valence-electron chi connectivity index (χ1n) is 12.7. The van der Waals surface area contributed by atoms with Crippen molar-refractivity contribution in [3.8, 4) is 0 Å². The van der Waals surface area contributed by atoms with E-state index in [1.807, 2.05) is 57.2 Å². The molecule has 0 aliphatic heterocycles. The van der Waals surface area contributed by atoms with Crippen molar-refractivity contribution in [1.82, 2.24) is 5.32 Å². The summed E-state index contributed by atoms with van der Waals surface area (Å²) in [6.45, 7) is 10.6. The molecule has 0 bridgehead atoms. The largest absolute Gasteiger partial charge is 0.412 e. The monoisotopic (exact) mass is 483 g/mol. The van der Waals surface area contributed by atoms with Crippen LogP contribution in [0.1, 0.15) is 72.3 Å². The zero-order valence-corrected chi connectivity index (χ0v) is 22.8. The highest BCUT2D eigenvalue weighted by Crippen LogP contribution is 2.11. The summed E-state index contributed by atoms with van der Waals surface area (Å²) in [5.41, 5.74) is 6.37. The van der Waals surface area contributed by atoms with E-state index in [9.17, 15) is 0 Å². The molecule has 0 saturated carbocycles. The van der Waals surface area contributed by atoms with Crippen LogP contribution < -0.4 is 16.9 Å². The first-order chi connectivity index (χ1) is 17.1. The van der Waals surface area contributed by atoms with Crippen LogP contribution >= 0.6 is 0 Å². The van der Waals surface area contributed by atoms with Crippen LogP contribution in [0.25, 0.3) is 0 Å². The van der Waals surface area contributed by atoms with Crippen LogP contribution in [0, 0.1) is 5.92 Å². The Balaban J connectivity index is 0. The van der Waals surface area contributed by atoms with Gasteiger partial charge < -0.3 is 15.9 Å². The second-order valence-electron chi connectivity index (χ2n) is 7.46. The van der Waals surface area contributed by atoms with Crippen molar-refractivity contribution in [2.45, 2.75) is 73.1 Å². The van der Waals surface area contributed by atoms with Gasteiger partial charge in [-0.3, -0.25) is 4.99 Å². The summed E-state index contributed by atoms with van der Waals surface area (Å²) in [5, 5.41) is 3.06. The number of hydrogen-bond acceptors (Lipinski definition) is 5. The zero-order chi connectivity index (χ0) is 26.6. The smallest absolute Gasteiger partial charge is 0.144 e. The lowest BCUT2D eigenvalue weighted by molar-refractivity contribution is 0.233. The molecule has 6 heteroatoms. The van der Waals surface area contributed by atoms with Gasteiger partial charge in [-0.15, -0.1) is 0 Å². The molecule has 1 atom stereocenters. The molecule has 6 nitrogen and oxygen atoms in total. The molecule has 0 aliphatic carbocycles. The molecule has 0 fully saturated rings. The Morgan fingerprint density at radius 3 is 2.43 bits per heavy atom. The number of aliphatic imine (C=N–C) groups is 2. The van der Waals surface area contributed by atoms with Crippen LogP contribution in [-0.4, -0.2) is 19.2 Å². The molecule has 0 aliphatic rings. The number of nitrogens with one attached hydrogen (secondary N) is 1. The van der Waals surface area contributed by atoms with Gasteiger partial charge in [0.05, 0.1) is 6.34 Å². The third-order valence-electron chi connectivity index (χ3n) is 4.78. The fourth-order valence-electron chi connectivity index (χ4n) is 2.64. The van der Waals surface area contributed by atoms with Crippen LogP contribution in [0.15, 0.2) is 88.9 Å². The Kier molecular flexibility index (Phi) is 26.4. The number of nitrogens with two attached hydrogens (primary N) is 2. The third kappa shape index (κ3) is 22.4. The topological polar surface area (TPSA) is 98.0 Å². The average Bonchev–Trinajstić information content (AvgIpc) is 2.91. The van der Waals surface area contributed by atoms with Crippen molar-refractivity contribution in [3.05, 3.63) is 84.4 Å². The van der Waals surface area contributed by atoms with Crippen LogP contribution in [0.3, 0.4) is 0 Å². The van der Waals surface area contributed by atoms with E-state index < -0.39 is 0 Å². The molecule has 0 saturated heterocycles. The molecule has 0 spiro atoms. The SMILES string of the molecule is CC.CC/C=C(\C=C/N=CNC(Cc1ccccc1)=NC)ON.CCC(C)CCC/C=C\C=C/N. The molecule has 1 aromatic carbocycles. The molecule has 0 radical (unpaired) electrons. The fraction of sp³-hybridized carbons (Fsp3) is 0.448. The van der Waals surface area contributed by atoms with E-state index in [4.69, 9.17) is 11.6 Å². The lowest BCUT2D eigenvalue weighted by Crippen LogP contribution is -2.23. The number of amidine groups is 1. The Morgan fingerprint density at radius 2 is 1.86 bits per heavy atom. The number of allylic oxidation sites excluding steroid dienone is 5. The molecule has 1 rings (SSSR count). The van der Waals surface area contributed by atoms with E-state index in [0.29, 0.717) is 5.76 Å². The molecular weight excluding hydrogens is 434 g/mol. The molecule has 0 aromatic heterocycles. The highest BCUT2D eigenvalue weighted by molar-refractivity contribution is 5.93. The Hall–Kier alpha value is -3.12. The van der Waals surface area contributed by atoms with Crippen molar-refractivity contribution >= 4 is 12.2 Å². The van der Waals surface area contributed by atoms with Gasteiger partial charge >= 0.3 is 0 Å². The first-order valence-corrected chi connectivity index (χ1v) is 12.7. The summed E-state index contributed by atoms with van der Waals surface area (Å²) in [4.78, 5) is 13.0. The van der Waals surface area contributed by atoms with Gasteiger partial charge in [0.1, 0.15) is 11.6 Å². The quantitative estimate of drug-likeness (QED) is 0.0715. The minimum Gasteiger partial charge on any atom is -0.412 e. The van der Waals surface area contributed by atoms with Crippen molar-refractivity contribution in [1.29, 1.82) is 0 Å². The molecule has 0 amide bonds. The first kappa shape index (κ1) is 34.0. The molecule has 196 valence electrons. The Morgan fingerprint density at radius 1 is 1.14 bits per heavy atom. The molecule has 5 N–H and O–H groups in total. The second-order valence-corrected chi connectivity index (χ2v) is 7.46. The lowest BCUT2D eigenvalue weighted by atomic mass is 10.0. The number of rotatable bonds is 13. The van der Waals surface area contributed by atoms with Crippen molar-refractivity contribution in [2.75, 3.05) is 7.05 Å². The summed E-state index contributed by atoms with van der Waals surface area (Å²) in [7, 11) is 1.75. The highest BCUT2D eigenvalue weighted by atomic mass is 16.6. The average molecular weight is 484 g/mol. The molecule has 35 heavy (non-hydrogen) atoms. The minimum absolute atomic E-state index is 0.586. The number of hydrogen-bond donors (Lipinski definition) is 3. The van der Waals surface area contributed by atoms with Crippen molar-refractivity contribution in [3.63, 3.8) is 0 Å². The Labute approximate surface area is 214 Å². The second kappa shape index (κ2) is 27.1. The van der Waals surface area contributed by atoms with Gasteiger partial charge in [-0.1, -0.05) is 89.9 Å².